The van der Waals surface area contributed by atoms with Crippen molar-refractivity contribution in [3.05, 3.63) is 0 Å². The molecule has 0 aliphatic rings. The van der Waals surface area contributed by atoms with Crippen molar-refractivity contribution in [3.8, 4) is 0 Å². The van der Waals surface area contributed by atoms with E-state index in [9.17, 15) is 9.13 Å². The van der Waals surface area contributed by atoms with Crippen molar-refractivity contribution >= 4 is 14.7 Å². The van der Waals surface area contributed by atoms with Crippen molar-refractivity contribution in [1.82, 2.24) is 0 Å². The van der Waals surface area contributed by atoms with Crippen LogP contribution in [0.1, 0.15) is 79.1 Å². The van der Waals surface area contributed by atoms with Crippen molar-refractivity contribution in [1.29, 1.82) is 0 Å². The molecule has 0 amide bonds. The predicted octanol–water partition coefficient (Wildman–Crippen LogP) is 6.76. The lowest BCUT2D eigenvalue weighted by atomic mass is 10.4. The topological polar surface area (TPSA) is 43.4 Å². The second-order valence-corrected chi connectivity index (χ2v) is 11.7. The molecule has 0 aliphatic carbocycles. The van der Waals surface area contributed by atoms with Gasteiger partial charge < -0.3 is 0 Å². The first-order valence-electron chi connectivity index (χ1n) is 8.82. The van der Waals surface area contributed by atoms with E-state index in [4.69, 9.17) is 4.31 Å². The summed E-state index contributed by atoms with van der Waals surface area (Å²) in [7, 11) is -5.43. The largest absolute Gasteiger partial charge is 0.293 e. The van der Waals surface area contributed by atoms with Gasteiger partial charge in [-0.15, -0.1) is 0 Å². The maximum Gasteiger partial charge on any atom is 0.208 e. The van der Waals surface area contributed by atoms with Crippen molar-refractivity contribution in [2.45, 2.75) is 79.1 Å². The van der Waals surface area contributed by atoms with Gasteiger partial charge in [0.1, 0.15) is 0 Å². The minimum atomic E-state index is -2.72. The first kappa shape index (κ1) is 21.4. The second-order valence-electron chi connectivity index (χ2n) is 6.02. The Hall–Kier alpha value is 0.420. The van der Waals surface area contributed by atoms with E-state index in [1.54, 1.807) is 0 Å². The van der Waals surface area contributed by atoms with E-state index >= 15 is 0 Å². The minimum Gasteiger partial charge on any atom is -0.293 e. The van der Waals surface area contributed by atoms with Crippen LogP contribution in [-0.4, -0.2) is 24.6 Å². The zero-order valence-electron chi connectivity index (χ0n) is 14.6. The molecule has 0 aromatic carbocycles. The molecule has 0 aromatic rings. The van der Waals surface area contributed by atoms with Gasteiger partial charge in [-0.3, -0.25) is 13.4 Å². The third-order valence-corrected chi connectivity index (χ3v) is 10.1. The molecule has 0 spiro atoms. The summed E-state index contributed by atoms with van der Waals surface area (Å²) in [5.41, 5.74) is 0. The summed E-state index contributed by atoms with van der Waals surface area (Å²) in [6.45, 7) is 8.38. The summed E-state index contributed by atoms with van der Waals surface area (Å²) in [5, 5.41) is 0. The first-order chi connectivity index (χ1) is 9.95. The molecule has 0 fully saturated rings. The fourth-order valence-electron chi connectivity index (χ4n) is 2.25. The van der Waals surface area contributed by atoms with Gasteiger partial charge in [-0.2, -0.15) is 0 Å². The van der Waals surface area contributed by atoms with Crippen molar-refractivity contribution in [3.63, 3.8) is 0 Å². The molecule has 0 N–H and O–H groups in total. The summed E-state index contributed by atoms with van der Waals surface area (Å²) in [6.07, 6.45) is 10.1. The molecule has 0 rings (SSSR count). The van der Waals surface area contributed by atoms with Gasteiger partial charge in [0.15, 0.2) is 0 Å². The Balaban J connectivity index is 4.90. The predicted molar refractivity (Wildman–Crippen MR) is 95.4 cm³/mol. The first-order valence-corrected chi connectivity index (χ1v) is 12.8. The molecular formula is C16H36O3P2. The van der Waals surface area contributed by atoms with E-state index in [1.165, 1.54) is 0 Å². The number of rotatable bonds is 14. The average molecular weight is 338 g/mol. The van der Waals surface area contributed by atoms with E-state index in [0.29, 0.717) is 24.6 Å². The molecule has 5 heteroatoms. The maximum absolute atomic E-state index is 13.1. The van der Waals surface area contributed by atoms with Gasteiger partial charge in [-0.05, 0) is 25.7 Å². The molecule has 0 bridgehead atoms. The summed E-state index contributed by atoms with van der Waals surface area (Å²) in [6, 6.07) is 0. The van der Waals surface area contributed by atoms with E-state index in [1.807, 2.05) is 0 Å². The van der Waals surface area contributed by atoms with Crippen LogP contribution in [0.2, 0.25) is 0 Å². The Morgan fingerprint density at radius 1 is 0.571 bits per heavy atom. The highest BCUT2D eigenvalue weighted by Crippen LogP contribution is 2.64. The van der Waals surface area contributed by atoms with Crippen molar-refractivity contribution < 1.29 is 13.4 Å². The van der Waals surface area contributed by atoms with Crippen LogP contribution in [-0.2, 0) is 13.4 Å². The van der Waals surface area contributed by atoms with Crippen LogP contribution < -0.4 is 0 Å². The van der Waals surface area contributed by atoms with Crippen molar-refractivity contribution in [2.24, 2.45) is 0 Å². The number of hydrogen-bond acceptors (Lipinski definition) is 3. The quantitative estimate of drug-likeness (QED) is 0.329. The highest BCUT2D eigenvalue weighted by molar-refractivity contribution is 7.72. The molecule has 0 atom stereocenters. The zero-order valence-corrected chi connectivity index (χ0v) is 16.4. The Labute approximate surface area is 132 Å². The monoisotopic (exact) mass is 338 g/mol. The Bertz CT molecular complexity index is 286. The molecule has 21 heavy (non-hydrogen) atoms. The third-order valence-electron chi connectivity index (χ3n) is 3.71. The maximum atomic E-state index is 13.1. The van der Waals surface area contributed by atoms with Crippen molar-refractivity contribution in [2.75, 3.05) is 24.6 Å². The van der Waals surface area contributed by atoms with Crippen LogP contribution >= 0.6 is 14.7 Å². The SMILES string of the molecule is CCCCP(=O)(CCCC)OP(=O)(CCCC)CCCC. The van der Waals surface area contributed by atoms with E-state index in [0.717, 1.165) is 51.4 Å². The summed E-state index contributed by atoms with van der Waals surface area (Å²) in [5.74, 6) is 0. The van der Waals surface area contributed by atoms with Gasteiger partial charge in [0.25, 0.3) is 0 Å². The van der Waals surface area contributed by atoms with Gasteiger partial charge in [0.2, 0.25) is 14.7 Å². The minimum absolute atomic E-state index is 0.603. The Morgan fingerprint density at radius 2 is 0.810 bits per heavy atom. The van der Waals surface area contributed by atoms with E-state index < -0.39 is 14.7 Å². The molecule has 0 aliphatic heterocycles. The standard InChI is InChI=1S/C16H36O3P2/c1-5-9-13-20(17,14-10-6-2)19-21(18,15-11-7-3)16-12-8-4/h5-16H2,1-4H3. The van der Waals surface area contributed by atoms with Crippen LogP contribution in [0.4, 0.5) is 0 Å². The van der Waals surface area contributed by atoms with Crippen LogP contribution in [0, 0.1) is 0 Å². The van der Waals surface area contributed by atoms with Gasteiger partial charge in [-0.1, -0.05) is 53.4 Å². The highest BCUT2D eigenvalue weighted by Gasteiger charge is 2.33. The van der Waals surface area contributed by atoms with Gasteiger partial charge >= 0.3 is 0 Å². The lowest BCUT2D eigenvalue weighted by Gasteiger charge is -2.25. The van der Waals surface area contributed by atoms with Gasteiger partial charge in [0, 0.05) is 24.6 Å². The summed E-state index contributed by atoms with van der Waals surface area (Å²) >= 11 is 0. The fourth-order valence-corrected chi connectivity index (χ4v) is 9.37. The fraction of sp³-hybridized carbons (Fsp3) is 1.00. The smallest absolute Gasteiger partial charge is 0.208 e. The molecule has 0 aromatic heterocycles. The highest BCUT2D eigenvalue weighted by atomic mass is 31.2. The molecule has 0 saturated carbocycles. The van der Waals surface area contributed by atoms with Crippen LogP contribution in [0.3, 0.4) is 0 Å². The lowest BCUT2D eigenvalue weighted by molar-refractivity contribution is 0.449. The Kier molecular flexibility index (Phi) is 12.2. The molecule has 0 radical (unpaired) electrons. The zero-order chi connectivity index (χ0) is 16.2. The molecule has 0 unspecified atom stereocenters. The van der Waals surface area contributed by atoms with Gasteiger partial charge in [-0.25, -0.2) is 0 Å². The summed E-state index contributed by atoms with van der Waals surface area (Å²) < 4.78 is 32.1. The van der Waals surface area contributed by atoms with Crippen LogP contribution in [0.5, 0.6) is 0 Å². The molecule has 0 saturated heterocycles. The number of unbranched alkanes of at least 4 members (excludes halogenated alkanes) is 4. The normalized spacial score (nSPS) is 12.8. The molecule has 3 nitrogen and oxygen atoms in total. The molecular weight excluding hydrogens is 302 g/mol. The van der Waals surface area contributed by atoms with Crippen LogP contribution in [0.25, 0.3) is 0 Å². The van der Waals surface area contributed by atoms with Gasteiger partial charge in [0.05, 0.1) is 0 Å². The summed E-state index contributed by atoms with van der Waals surface area (Å²) in [4.78, 5) is 0. The van der Waals surface area contributed by atoms with E-state index in [-0.39, 0.29) is 0 Å². The lowest BCUT2D eigenvalue weighted by Crippen LogP contribution is -2.04. The average Bonchev–Trinajstić information content (AvgIpc) is 2.47. The third kappa shape index (κ3) is 9.93. The Morgan fingerprint density at radius 3 is 1.00 bits per heavy atom. The molecule has 0 heterocycles. The second kappa shape index (κ2) is 11.9. The van der Waals surface area contributed by atoms with E-state index in [2.05, 4.69) is 27.7 Å². The molecule has 128 valence electrons. The number of hydrogen-bond donors (Lipinski definition) is 0. The van der Waals surface area contributed by atoms with Crippen LogP contribution in [0.15, 0.2) is 0 Å².